The van der Waals surface area contributed by atoms with Gasteiger partial charge in [-0.1, -0.05) is 0 Å². The first-order valence-electron chi connectivity index (χ1n) is 8.64. The van der Waals surface area contributed by atoms with E-state index in [1.54, 1.807) is 11.6 Å². The number of ketones is 2. The molecule has 142 valence electrons. The molecule has 1 unspecified atom stereocenters. The highest BCUT2D eigenvalue weighted by Gasteiger charge is 2.51. The molecule has 2 saturated heterocycles. The number of amides is 2. The van der Waals surface area contributed by atoms with Gasteiger partial charge in [-0.05, 0) is 13.3 Å². The van der Waals surface area contributed by atoms with Crippen LogP contribution in [-0.4, -0.2) is 69.6 Å². The van der Waals surface area contributed by atoms with Crippen molar-refractivity contribution in [3.05, 3.63) is 28.4 Å². The normalized spacial score (nSPS) is 27.8. The predicted molar refractivity (Wildman–Crippen MR) is 93.2 cm³/mol. The fourth-order valence-electron chi connectivity index (χ4n) is 3.57. The number of Topliss-reactive ketones (excluding diaryl/α,β-unsaturated/α-hetero) is 2. The van der Waals surface area contributed by atoms with Crippen molar-refractivity contribution in [2.45, 2.75) is 38.2 Å². The van der Waals surface area contributed by atoms with Crippen molar-refractivity contribution in [3.63, 3.8) is 0 Å². The molecule has 9 nitrogen and oxygen atoms in total. The van der Waals surface area contributed by atoms with Gasteiger partial charge < -0.3 is 19.9 Å². The Labute approximate surface area is 159 Å². The SMILES string of the molecule is C[C@@H]1CCO[C@H]2CN3C=C(C(=O)NCc4nccs4)C(=O)C(=O)C3C(=O)N12. The molecule has 3 atom stereocenters. The summed E-state index contributed by atoms with van der Waals surface area (Å²) in [7, 11) is 0. The Balaban J connectivity index is 1.56. The lowest BCUT2D eigenvalue weighted by Gasteiger charge is -2.49. The molecule has 0 aromatic carbocycles. The van der Waals surface area contributed by atoms with Crippen LogP contribution in [-0.2, 0) is 30.5 Å². The number of nitrogens with zero attached hydrogens (tertiary/aromatic N) is 3. The zero-order chi connectivity index (χ0) is 19.1. The topological polar surface area (TPSA) is 109 Å². The van der Waals surface area contributed by atoms with Crippen LogP contribution in [0.15, 0.2) is 23.3 Å². The zero-order valence-corrected chi connectivity index (χ0v) is 15.4. The monoisotopic (exact) mass is 390 g/mol. The number of carbonyl (C=O) groups excluding carboxylic acids is 4. The summed E-state index contributed by atoms with van der Waals surface area (Å²) in [5.41, 5.74) is -0.266. The van der Waals surface area contributed by atoms with E-state index in [4.69, 9.17) is 4.74 Å². The van der Waals surface area contributed by atoms with E-state index in [9.17, 15) is 19.2 Å². The number of ether oxygens (including phenoxy) is 1. The Morgan fingerprint density at radius 3 is 2.96 bits per heavy atom. The van der Waals surface area contributed by atoms with Gasteiger partial charge in [0.15, 0.2) is 6.04 Å². The van der Waals surface area contributed by atoms with Crippen molar-refractivity contribution in [1.29, 1.82) is 0 Å². The molecule has 4 heterocycles. The molecule has 3 aliphatic heterocycles. The number of hydrogen-bond acceptors (Lipinski definition) is 8. The summed E-state index contributed by atoms with van der Waals surface area (Å²) in [5, 5.41) is 5.05. The van der Waals surface area contributed by atoms with Gasteiger partial charge in [0.2, 0.25) is 11.6 Å². The highest BCUT2D eigenvalue weighted by molar-refractivity contribution is 7.09. The predicted octanol–water partition coefficient (Wildman–Crippen LogP) is -0.557. The molecule has 0 bridgehead atoms. The van der Waals surface area contributed by atoms with Crippen LogP contribution in [0, 0.1) is 0 Å². The van der Waals surface area contributed by atoms with Crippen LogP contribution in [0.25, 0.3) is 0 Å². The van der Waals surface area contributed by atoms with Crippen LogP contribution in [0.5, 0.6) is 0 Å². The zero-order valence-electron chi connectivity index (χ0n) is 14.6. The Morgan fingerprint density at radius 1 is 1.41 bits per heavy atom. The summed E-state index contributed by atoms with van der Waals surface area (Å²) in [6, 6.07) is -1.28. The van der Waals surface area contributed by atoms with Crippen molar-refractivity contribution < 1.29 is 23.9 Å². The minimum atomic E-state index is -1.21. The average Bonchev–Trinajstić information content (AvgIpc) is 3.16. The van der Waals surface area contributed by atoms with Gasteiger partial charge in [-0.3, -0.25) is 19.2 Å². The van der Waals surface area contributed by atoms with Crippen molar-refractivity contribution in [2.75, 3.05) is 13.2 Å². The van der Waals surface area contributed by atoms with Crippen LogP contribution in [0.2, 0.25) is 0 Å². The average molecular weight is 390 g/mol. The first-order chi connectivity index (χ1) is 13.0. The second kappa shape index (κ2) is 6.86. The molecule has 1 aromatic heterocycles. The number of piperazine rings is 1. The summed E-state index contributed by atoms with van der Waals surface area (Å²) >= 11 is 1.37. The third-order valence-corrected chi connectivity index (χ3v) is 5.74. The van der Waals surface area contributed by atoms with E-state index in [0.717, 1.165) is 0 Å². The van der Waals surface area contributed by atoms with Gasteiger partial charge in [-0.15, -0.1) is 11.3 Å². The second-order valence-electron chi connectivity index (χ2n) is 6.65. The van der Waals surface area contributed by atoms with Gasteiger partial charge in [0.1, 0.15) is 16.8 Å². The first kappa shape index (κ1) is 17.8. The number of aromatic nitrogens is 1. The maximum Gasteiger partial charge on any atom is 0.257 e. The number of hydrogen-bond donors (Lipinski definition) is 1. The first-order valence-corrected chi connectivity index (χ1v) is 9.52. The Bertz CT molecular complexity index is 836. The molecular weight excluding hydrogens is 372 g/mol. The molecule has 1 aromatic rings. The number of rotatable bonds is 3. The van der Waals surface area contributed by atoms with Crippen LogP contribution in [0.3, 0.4) is 0 Å². The summed E-state index contributed by atoms with van der Waals surface area (Å²) in [5.74, 6) is -2.92. The molecule has 10 heteroatoms. The molecule has 4 rings (SSSR count). The van der Waals surface area contributed by atoms with Gasteiger partial charge in [0, 0.05) is 23.8 Å². The minimum absolute atomic E-state index is 0.0618. The van der Waals surface area contributed by atoms with Crippen LogP contribution in [0.4, 0.5) is 0 Å². The largest absolute Gasteiger partial charge is 0.356 e. The lowest BCUT2D eigenvalue weighted by atomic mass is 9.92. The summed E-state index contributed by atoms with van der Waals surface area (Å²) in [6.07, 6.45) is 3.11. The smallest absolute Gasteiger partial charge is 0.257 e. The Hall–Kier alpha value is -2.59. The minimum Gasteiger partial charge on any atom is -0.356 e. The molecule has 0 aliphatic carbocycles. The molecule has 27 heavy (non-hydrogen) atoms. The quantitative estimate of drug-likeness (QED) is 0.419. The molecule has 1 N–H and O–H groups in total. The maximum atomic E-state index is 12.8. The summed E-state index contributed by atoms with van der Waals surface area (Å²) < 4.78 is 5.66. The number of nitrogens with one attached hydrogen (secondary N) is 1. The number of carbonyl (C=O) groups is 4. The third-order valence-electron chi connectivity index (χ3n) is 4.96. The van der Waals surface area contributed by atoms with Crippen molar-refractivity contribution in [1.82, 2.24) is 20.1 Å². The fourth-order valence-corrected chi connectivity index (χ4v) is 4.13. The Kier molecular flexibility index (Phi) is 4.52. The molecule has 0 saturated carbocycles. The molecule has 2 amide bonds. The molecule has 0 spiro atoms. The lowest BCUT2D eigenvalue weighted by Crippen LogP contribution is -2.69. The summed E-state index contributed by atoms with van der Waals surface area (Å²) in [4.78, 5) is 57.3. The Morgan fingerprint density at radius 2 is 2.22 bits per heavy atom. The van der Waals surface area contributed by atoms with Crippen molar-refractivity contribution in [3.8, 4) is 0 Å². The summed E-state index contributed by atoms with van der Waals surface area (Å²) in [6.45, 7) is 2.81. The van der Waals surface area contributed by atoms with E-state index in [0.29, 0.717) is 18.0 Å². The van der Waals surface area contributed by atoms with Gasteiger partial charge in [-0.2, -0.15) is 0 Å². The molecule has 0 radical (unpaired) electrons. The van der Waals surface area contributed by atoms with Gasteiger partial charge >= 0.3 is 0 Å². The van der Waals surface area contributed by atoms with Gasteiger partial charge in [0.25, 0.3) is 11.8 Å². The van der Waals surface area contributed by atoms with Crippen LogP contribution in [0.1, 0.15) is 18.4 Å². The fraction of sp³-hybridized carbons (Fsp3) is 0.471. The van der Waals surface area contributed by atoms with E-state index in [-0.39, 0.29) is 24.7 Å². The van der Waals surface area contributed by atoms with E-state index >= 15 is 0 Å². The van der Waals surface area contributed by atoms with Gasteiger partial charge in [-0.25, -0.2) is 4.98 Å². The third kappa shape index (κ3) is 3.04. The second-order valence-corrected chi connectivity index (χ2v) is 7.63. The molecule has 2 fully saturated rings. The number of thiazole rings is 1. The highest BCUT2D eigenvalue weighted by atomic mass is 32.1. The maximum absolute atomic E-state index is 12.8. The molecule has 3 aliphatic rings. The van der Waals surface area contributed by atoms with Crippen LogP contribution < -0.4 is 5.32 Å². The van der Waals surface area contributed by atoms with E-state index in [1.165, 1.54) is 27.3 Å². The van der Waals surface area contributed by atoms with E-state index in [1.807, 2.05) is 6.92 Å². The number of fused-ring (bicyclic) bond motifs is 2. The standard InChI is InChI=1S/C17H18N4O5S/c1-9-2-4-26-12-8-20-7-10(16(24)19-6-11-18-3-5-27-11)14(22)15(23)13(20)17(25)21(9)12/h3,5,7,9,12-13H,2,4,6,8H2,1H3,(H,19,24)/t9-,12+,13?/m1/s1. The van der Waals surface area contributed by atoms with E-state index in [2.05, 4.69) is 10.3 Å². The van der Waals surface area contributed by atoms with Crippen molar-refractivity contribution >= 4 is 34.7 Å². The van der Waals surface area contributed by atoms with Crippen molar-refractivity contribution in [2.24, 2.45) is 0 Å². The van der Waals surface area contributed by atoms with Crippen LogP contribution >= 0.6 is 11.3 Å². The van der Waals surface area contributed by atoms with Gasteiger partial charge in [0.05, 0.1) is 19.7 Å². The lowest BCUT2D eigenvalue weighted by molar-refractivity contribution is -0.185. The highest BCUT2D eigenvalue weighted by Crippen LogP contribution is 2.29. The molecular formula is C17H18N4O5S. The van der Waals surface area contributed by atoms with E-state index < -0.39 is 35.7 Å².